The fourth-order valence-electron chi connectivity index (χ4n) is 1.16. The van der Waals surface area contributed by atoms with E-state index >= 15 is 0 Å². The van der Waals surface area contributed by atoms with Gasteiger partial charge in [0.2, 0.25) is 5.91 Å². The molecule has 6 nitrogen and oxygen atoms in total. The Morgan fingerprint density at radius 1 is 1.18 bits per heavy atom. The molecule has 3 N–H and O–H groups in total. The summed E-state index contributed by atoms with van der Waals surface area (Å²) in [7, 11) is 0. The zero-order chi connectivity index (χ0) is 16.8. The Kier molecular flexibility index (Phi) is 6.58. The van der Waals surface area contributed by atoms with Gasteiger partial charge in [-0.25, -0.2) is 0 Å². The van der Waals surface area contributed by atoms with Crippen LogP contribution in [-0.2, 0) is 9.59 Å². The second-order valence-electron chi connectivity index (χ2n) is 5.45. The first-order valence-corrected chi connectivity index (χ1v) is 7.26. The summed E-state index contributed by atoms with van der Waals surface area (Å²) in [6, 6.07) is 6.61. The Morgan fingerprint density at radius 2 is 1.77 bits per heavy atom. The quantitative estimate of drug-likeness (QED) is 0.576. The van der Waals surface area contributed by atoms with Gasteiger partial charge in [-0.2, -0.15) is 0 Å². The third-order valence-electron chi connectivity index (χ3n) is 2.41. The van der Waals surface area contributed by atoms with E-state index in [1.54, 1.807) is 45.0 Å². The number of carbonyl (C=O) groups is 2. The third-order valence-corrected chi connectivity index (χ3v) is 2.86. The molecule has 0 radical (unpaired) electrons. The van der Waals surface area contributed by atoms with Crippen molar-refractivity contribution in [3.05, 3.63) is 29.3 Å². The van der Waals surface area contributed by atoms with E-state index in [1.165, 1.54) is 0 Å². The van der Waals surface area contributed by atoms with Crippen LogP contribution in [0, 0.1) is 5.41 Å². The number of benzene rings is 1. The average Bonchev–Trinajstić information content (AvgIpc) is 2.43. The molecule has 0 aliphatic rings. The van der Waals surface area contributed by atoms with Gasteiger partial charge in [0.15, 0.2) is 11.7 Å². The van der Waals surface area contributed by atoms with E-state index in [9.17, 15) is 9.59 Å². The van der Waals surface area contributed by atoms with E-state index in [0.29, 0.717) is 10.8 Å². The van der Waals surface area contributed by atoms with Crippen molar-refractivity contribution in [2.75, 3.05) is 6.61 Å². The highest BCUT2D eigenvalue weighted by Gasteiger charge is 2.21. The number of thiocarbonyl (C=S) groups is 1. The monoisotopic (exact) mass is 343 g/mol. The molecule has 0 saturated heterocycles. The molecule has 0 atom stereocenters. The molecule has 1 aromatic rings. The van der Waals surface area contributed by atoms with E-state index in [-0.39, 0.29) is 17.6 Å². The summed E-state index contributed by atoms with van der Waals surface area (Å²) >= 11 is 10.6. The van der Waals surface area contributed by atoms with E-state index in [2.05, 4.69) is 16.2 Å². The largest absolute Gasteiger partial charge is 0.484 e. The molecule has 1 aromatic carbocycles. The second-order valence-corrected chi connectivity index (χ2v) is 6.29. The van der Waals surface area contributed by atoms with Crippen molar-refractivity contribution in [2.45, 2.75) is 20.8 Å². The SMILES string of the molecule is CC(C)(C)C(=O)NC(=S)NNC(=O)COc1ccc(Cl)cc1. The highest BCUT2D eigenvalue weighted by atomic mass is 35.5. The minimum Gasteiger partial charge on any atom is -0.484 e. The molecule has 8 heteroatoms. The van der Waals surface area contributed by atoms with E-state index in [1.807, 2.05) is 0 Å². The van der Waals surface area contributed by atoms with Gasteiger partial charge in [-0.3, -0.25) is 20.4 Å². The predicted molar refractivity (Wildman–Crippen MR) is 88.4 cm³/mol. The molecule has 0 unspecified atom stereocenters. The maximum Gasteiger partial charge on any atom is 0.276 e. The smallest absolute Gasteiger partial charge is 0.276 e. The molecule has 0 aliphatic carbocycles. The van der Waals surface area contributed by atoms with Crippen molar-refractivity contribution in [1.82, 2.24) is 16.2 Å². The summed E-state index contributed by atoms with van der Waals surface area (Å²) < 4.78 is 5.25. The number of halogens is 1. The topological polar surface area (TPSA) is 79.5 Å². The molecule has 0 spiro atoms. The normalized spacial score (nSPS) is 10.5. The summed E-state index contributed by atoms with van der Waals surface area (Å²) in [6.45, 7) is 5.06. The molecule has 0 fully saturated rings. The molecular weight excluding hydrogens is 326 g/mol. The lowest BCUT2D eigenvalue weighted by Crippen LogP contribution is -2.51. The fraction of sp³-hybridized carbons (Fsp3) is 0.357. The van der Waals surface area contributed by atoms with Gasteiger partial charge < -0.3 is 10.1 Å². The summed E-state index contributed by atoms with van der Waals surface area (Å²) in [4.78, 5) is 23.2. The van der Waals surface area contributed by atoms with Gasteiger partial charge in [-0.05, 0) is 36.5 Å². The maximum absolute atomic E-state index is 11.7. The van der Waals surface area contributed by atoms with Crippen LogP contribution in [0.2, 0.25) is 5.02 Å². The predicted octanol–water partition coefficient (Wildman–Crippen LogP) is 1.79. The minimum absolute atomic E-state index is 0.0137. The average molecular weight is 344 g/mol. The summed E-state index contributed by atoms with van der Waals surface area (Å²) in [6.07, 6.45) is 0. The van der Waals surface area contributed by atoms with Crippen molar-refractivity contribution in [2.24, 2.45) is 5.41 Å². The van der Waals surface area contributed by atoms with Gasteiger partial charge in [-0.1, -0.05) is 32.4 Å². The fourth-order valence-corrected chi connectivity index (χ4v) is 1.43. The van der Waals surface area contributed by atoms with Crippen LogP contribution in [-0.4, -0.2) is 23.5 Å². The molecular formula is C14H18ClN3O3S. The van der Waals surface area contributed by atoms with E-state index in [0.717, 1.165) is 0 Å². The molecule has 0 saturated carbocycles. The van der Waals surface area contributed by atoms with Gasteiger partial charge in [0.05, 0.1) is 0 Å². The third kappa shape index (κ3) is 6.73. The van der Waals surface area contributed by atoms with Crippen LogP contribution in [0.3, 0.4) is 0 Å². The van der Waals surface area contributed by atoms with Crippen LogP contribution >= 0.6 is 23.8 Å². The zero-order valence-corrected chi connectivity index (χ0v) is 14.1. The number of nitrogens with one attached hydrogen (secondary N) is 3. The number of hydrogen-bond acceptors (Lipinski definition) is 4. The molecule has 2 amide bonds. The van der Waals surface area contributed by atoms with Crippen LogP contribution in [0.4, 0.5) is 0 Å². The molecule has 120 valence electrons. The number of hydrogen-bond donors (Lipinski definition) is 3. The van der Waals surface area contributed by atoms with E-state index in [4.69, 9.17) is 28.6 Å². The Morgan fingerprint density at radius 3 is 2.32 bits per heavy atom. The Hall–Kier alpha value is -1.86. The summed E-state index contributed by atoms with van der Waals surface area (Å²) in [5, 5.41) is 3.06. The van der Waals surface area contributed by atoms with Gasteiger partial charge in [0, 0.05) is 10.4 Å². The highest BCUT2D eigenvalue weighted by Crippen LogP contribution is 2.15. The van der Waals surface area contributed by atoms with Crippen molar-refractivity contribution < 1.29 is 14.3 Å². The lowest BCUT2D eigenvalue weighted by Gasteiger charge is -2.18. The summed E-state index contributed by atoms with van der Waals surface area (Å²) in [5.74, 6) is -0.179. The van der Waals surface area contributed by atoms with Crippen molar-refractivity contribution in [3.8, 4) is 5.75 Å². The molecule has 0 aliphatic heterocycles. The van der Waals surface area contributed by atoms with Crippen LogP contribution in [0.15, 0.2) is 24.3 Å². The van der Waals surface area contributed by atoms with Crippen LogP contribution in [0.1, 0.15) is 20.8 Å². The number of hydrazine groups is 1. The number of ether oxygens (including phenoxy) is 1. The first-order chi connectivity index (χ1) is 10.2. The second kappa shape index (κ2) is 7.95. The van der Waals surface area contributed by atoms with Gasteiger partial charge in [0.1, 0.15) is 5.75 Å². The Labute approximate surface area is 139 Å². The van der Waals surface area contributed by atoms with Gasteiger partial charge in [0.25, 0.3) is 5.91 Å². The lowest BCUT2D eigenvalue weighted by atomic mass is 9.96. The Balaban J connectivity index is 2.29. The van der Waals surface area contributed by atoms with Crippen LogP contribution in [0.5, 0.6) is 5.75 Å². The maximum atomic E-state index is 11.7. The lowest BCUT2D eigenvalue weighted by molar-refractivity contribution is -0.127. The highest BCUT2D eigenvalue weighted by molar-refractivity contribution is 7.80. The van der Waals surface area contributed by atoms with Crippen molar-refractivity contribution in [3.63, 3.8) is 0 Å². The Bertz CT molecular complexity index is 555. The number of amides is 2. The molecule has 0 heterocycles. The van der Waals surface area contributed by atoms with Gasteiger partial charge in [-0.15, -0.1) is 0 Å². The first-order valence-electron chi connectivity index (χ1n) is 6.47. The number of carbonyl (C=O) groups excluding carboxylic acids is 2. The van der Waals surface area contributed by atoms with Crippen molar-refractivity contribution >= 4 is 40.7 Å². The van der Waals surface area contributed by atoms with Crippen LogP contribution < -0.4 is 20.9 Å². The van der Waals surface area contributed by atoms with Crippen molar-refractivity contribution in [1.29, 1.82) is 0 Å². The summed E-state index contributed by atoms with van der Waals surface area (Å²) in [5.41, 5.74) is 4.18. The van der Waals surface area contributed by atoms with E-state index < -0.39 is 11.3 Å². The molecule has 0 aromatic heterocycles. The first kappa shape index (κ1) is 18.2. The van der Waals surface area contributed by atoms with Gasteiger partial charge >= 0.3 is 0 Å². The zero-order valence-electron chi connectivity index (χ0n) is 12.5. The minimum atomic E-state index is -0.576. The molecule has 22 heavy (non-hydrogen) atoms. The molecule has 0 bridgehead atoms. The van der Waals surface area contributed by atoms with Crippen LogP contribution in [0.25, 0.3) is 0 Å². The standard InChI is InChI=1S/C14H18ClN3O3S/c1-14(2,3)12(20)16-13(22)18-17-11(19)8-21-10-6-4-9(15)5-7-10/h4-7H,8H2,1-3H3,(H,17,19)(H2,16,18,20,22). The molecule has 1 rings (SSSR count). The number of rotatable bonds is 3.